The van der Waals surface area contributed by atoms with Crippen LogP contribution in [0.25, 0.3) is 0 Å². The molecule has 2 aliphatic rings. The van der Waals surface area contributed by atoms with Crippen LogP contribution >= 0.6 is 0 Å². The Morgan fingerprint density at radius 1 is 1.64 bits per heavy atom. The van der Waals surface area contributed by atoms with E-state index in [1.54, 1.807) is 7.11 Å². The molecular formula is C11H19NO2. The highest BCUT2D eigenvalue weighted by Gasteiger charge is 2.43. The fourth-order valence-corrected chi connectivity index (χ4v) is 2.60. The molecule has 0 unspecified atom stereocenters. The van der Waals surface area contributed by atoms with Gasteiger partial charge in [-0.1, -0.05) is 12.2 Å². The molecule has 0 amide bonds. The molecule has 0 saturated carbocycles. The van der Waals surface area contributed by atoms with Crippen molar-refractivity contribution in [3.63, 3.8) is 0 Å². The third-order valence-corrected chi connectivity index (χ3v) is 3.16. The molecule has 0 N–H and O–H groups in total. The number of ether oxygens (including phenoxy) is 2. The number of nitrogens with zero attached hydrogens (tertiary/aromatic N) is 1. The van der Waals surface area contributed by atoms with Gasteiger partial charge in [-0.15, -0.1) is 0 Å². The van der Waals surface area contributed by atoms with Crippen LogP contribution in [0, 0.1) is 0 Å². The quantitative estimate of drug-likeness (QED) is 0.618. The van der Waals surface area contributed by atoms with Gasteiger partial charge in [-0.05, 0) is 12.8 Å². The van der Waals surface area contributed by atoms with Crippen molar-refractivity contribution < 1.29 is 9.47 Å². The molecule has 2 saturated heterocycles. The molecule has 2 fully saturated rings. The van der Waals surface area contributed by atoms with Crippen LogP contribution in [0.3, 0.4) is 0 Å². The Balaban J connectivity index is 2.16. The average Bonchev–Trinajstić information content (AvgIpc) is 2.31. The minimum atomic E-state index is 0.0856. The Hall–Kier alpha value is -0.380. The predicted molar refractivity (Wildman–Crippen MR) is 55.4 cm³/mol. The number of hydrogen-bond donors (Lipinski definition) is 0. The fourth-order valence-electron chi connectivity index (χ4n) is 2.60. The van der Waals surface area contributed by atoms with Crippen molar-refractivity contribution in [1.29, 1.82) is 0 Å². The second-order valence-electron chi connectivity index (χ2n) is 4.41. The standard InChI is InChI=1S/C11H19NO2/c1-10-6-11(8-13-2)9-14-5-3-4-12(11)7-10/h1,3-9H2,2H3/t11-/m0/s1. The van der Waals surface area contributed by atoms with Crippen molar-refractivity contribution in [2.75, 3.05) is 40.0 Å². The maximum atomic E-state index is 5.65. The minimum absolute atomic E-state index is 0.0856. The summed E-state index contributed by atoms with van der Waals surface area (Å²) in [5, 5.41) is 0. The summed E-state index contributed by atoms with van der Waals surface area (Å²) in [5.41, 5.74) is 1.40. The van der Waals surface area contributed by atoms with Crippen LogP contribution in [-0.4, -0.2) is 50.5 Å². The van der Waals surface area contributed by atoms with Gasteiger partial charge in [0, 0.05) is 26.8 Å². The molecule has 0 aliphatic carbocycles. The number of rotatable bonds is 2. The molecule has 1 atom stereocenters. The summed E-state index contributed by atoms with van der Waals surface area (Å²) in [5.74, 6) is 0. The van der Waals surface area contributed by atoms with Gasteiger partial charge < -0.3 is 9.47 Å². The molecule has 14 heavy (non-hydrogen) atoms. The smallest absolute Gasteiger partial charge is 0.0718 e. The third kappa shape index (κ3) is 1.72. The van der Waals surface area contributed by atoms with Crippen molar-refractivity contribution in [3.8, 4) is 0 Å². The fraction of sp³-hybridized carbons (Fsp3) is 0.818. The Bertz CT molecular complexity index is 229. The van der Waals surface area contributed by atoms with E-state index in [9.17, 15) is 0 Å². The summed E-state index contributed by atoms with van der Waals surface area (Å²) in [6.07, 6.45) is 2.15. The molecule has 0 bridgehead atoms. The molecule has 3 nitrogen and oxygen atoms in total. The number of hydrogen-bond acceptors (Lipinski definition) is 3. The van der Waals surface area contributed by atoms with E-state index in [1.807, 2.05) is 0 Å². The van der Waals surface area contributed by atoms with Gasteiger partial charge in [0.2, 0.25) is 0 Å². The van der Waals surface area contributed by atoms with E-state index in [2.05, 4.69) is 11.5 Å². The molecule has 2 aliphatic heterocycles. The number of methoxy groups -OCH3 is 1. The summed E-state index contributed by atoms with van der Waals surface area (Å²) < 4.78 is 11.0. The molecule has 3 heteroatoms. The summed E-state index contributed by atoms with van der Waals surface area (Å²) in [7, 11) is 1.76. The number of fused-ring (bicyclic) bond motifs is 1. The second kappa shape index (κ2) is 4.01. The lowest BCUT2D eigenvalue weighted by Gasteiger charge is -2.35. The van der Waals surface area contributed by atoms with Gasteiger partial charge in [0.25, 0.3) is 0 Å². The normalized spacial score (nSPS) is 34.2. The first-order chi connectivity index (χ1) is 6.77. The maximum absolute atomic E-state index is 5.65. The van der Waals surface area contributed by atoms with Gasteiger partial charge in [-0.2, -0.15) is 0 Å². The summed E-state index contributed by atoms with van der Waals surface area (Å²) >= 11 is 0. The van der Waals surface area contributed by atoms with E-state index >= 15 is 0 Å². The van der Waals surface area contributed by atoms with Gasteiger partial charge in [-0.3, -0.25) is 4.90 Å². The molecular weight excluding hydrogens is 178 g/mol. The van der Waals surface area contributed by atoms with E-state index < -0.39 is 0 Å². The SMILES string of the molecule is C=C1CN2CCCOC[C@@]2(COC)C1. The molecule has 80 valence electrons. The lowest BCUT2D eigenvalue weighted by Crippen LogP contribution is -2.50. The maximum Gasteiger partial charge on any atom is 0.0718 e. The topological polar surface area (TPSA) is 21.7 Å². The van der Waals surface area contributed by atoms with Gasteiger partial charge in [0.1, 0.15) is 0 Å². The van der Waals surface area contributed by atoms with Crippen LogP contribution in [0.5, 0.6) is 0 Å². The van der Waals surface area contributed by atoms with Crippen LogP contribution < -0.4 is 0 Å². The Morgan fingerprint density at radius 3 is 3.29 bits per heavy atom. The van der Waals surface area contributed by atoms with Crippen molar-refractivity contribution in [3.05, 3.63) is 12.2 Å². The van der Waals surface area contributed by atoms with Crippen molar-refractivity contribution in [1.82, 2.24) is 4.90 Å². The van der Waals surface area contributed by atoms with Crippen LogP contribution in [0.2, 0.25) is 0 Å². The average molecular weight is 197 g/mol. The van der Waals surface area contributed by atoms with Crippen LogP contribution in [0.4, 0.5) is 0 Å². The zero-order valence-electron chi connectivity index (χ0n) is 8.92. The van der Waals surface area contributed by atoms with E-state index in [-0.39, 0.29) is 5.54 Å². The highest BCUT2D eigenvalue weighted by atomic mass is 16.5. The molecule has 2 heterocycles. The first-order valence-corrected chi connectivity index (χ1v) is 5.25. The zero-order chi connectivity index (χ0) is 10.0. The van der Waals surface area contributed by atoms with Gasteiger partial charge in [0.05, 0.1) is 18.8 Å². The van der Waals surface area contributed by atoms with E-state index in [4.69, 9.17) is 9.47 Å². The van der Waals surface area contributed by atoms with E-state index in [0.717, 1.165) is 45.8 Å². The van der Waals surface area contributed by atoms with Gasteiger partial charge in [0.15, 0.2) is 0 Å². The first kappa shape index (κ1) is 10.1. The van der Waals surface area contributed by atoms with Crippen molar-refractivity contribution in [2.24, 2.45) is 0 Å². The zero-order valence-corrected chi connectivity index (χ0v) is 8.92. The van der Waals surface area contributed by atoms with E-state index in [0.29, 0.717) is 0 Å². The van der Waals surface area contributed by atoms with E-state index in [1.165, 1.54) is 5.57 Å². The van der Waals surface area contributed by atoms with Crippen LogP contribution in [0.15, 0.2) is 12.2 Å². The van der Waals surface area contributed by atoms with Gasteiger partial charge in [-0.25, -0.2) is 0 Å². The van der Waals surface area contributed by atoms with Crippen molar-refractivity contribution >= 4 is 0 Å². The first-order valence-electron chi connectivity index (χ1n) is 5.25. The predicted octanol–water partition coefficient (Wildman–Crippen LogP) is 1.05. The summed E-state index contributed by atoms with van der Waals surface area (Å²) in [6, 6.07) is 0. The molecule has 0 aromatic carbocycles. The Morgan fingerprint density at radius 2 is 2.50 bits per heavy atom. The van der Waals surface area contributed by atoms with Gasteiger partial charge >= 0.3 is 0 Å². The monoisotopic (exact) mass is 197 g/mol. The largest absolute Gasteiger partial charge is 0.383 e. The molecule has 0 radical (unpaired) electrons. The lowest BCUT2D eigenvalue weighted by atomic mass is 9.97. The second-order valence-corrected chi connectivity index (χ2v) is 4.41. The highest BCUT2D eigenvalue weighted by Crippen LogP contribution is 2.34. The molecule has 0 aromatic rings. The minimum Gasteiger partial charge on any atom is -0.383 e. The third-order valence-electron chi connectivity index (χ3n) is 3.16. The Labute approximate surface area is 85.7 Å². The lowest BCUT2D eigenvalue weighted by molar-refractivity contribution is -0.00505. The molecule has 0 spiro atoms. The van der Waals surface area contributed by atoms with Crippen LogP contribution in [0.1, 0.15) is 12.8 Å². The Kier molecular flexibility index (Phi) is 2.91. The molecule has 2 rings (SSSR count). The van der Waals surface area contributed by atoms with Crippen LogP contribution in [-0.2, 0) is 9.47 Å². The summed E-state index contributed by atoms with van der Waals surface area (Å²) in [4.78, 5) is 2.48. The highest BCUT2D eigenvalue weighted by molar-refractivity contribution is 5.16. The summed E-state index contributed by atoms with van der Waals surface area (Å²) in [6.45, 7) is 8.65. The molecule has 0 aromatic heterocycles. The van der Waals surface area contributed by atoms with Crippen molar-refractivity contribution in [2.45, 2.75) is 18.4 Å².